The predicted molar refractivity (Wildman–Crippen MR) is 263 cm³/mol. The van der Waals surface area contributed by atoms with E-state index in [1.54, 1.807) is 29.0 Å². The minimum atomic E-state index is -3.62. The Balaban J connectivity index is 0.901. The van der Waals surface area contributed by atoms with Crippen LogP contribution in [0.5, 0.6) is 5.75 Å². The molecule has 1 aromatic heterocycles. The molecule has 0 bridgehead atoms. The van der Waals surface area contributed by atoms with E-state index < -0.39 is 27.5 Å². The number of sulfonamides is 1. The van der Waals surface area contributed by atoms with Gasteiger partial charge in [0.05, 0.1) is 89.2 Å². The Morgan fingerprint density at radius 1 is 0.797 bits per heavy atom. The van der Waals surface area contributed by atoms with Gasteiger partial charge in [-0.2, -0.15) is 4.98 Å². The molecule has 0 aliphatic carbocycles. The van der Waals surface area contributed by atoms with Gasteiger partial charge >= 0.3 is 6.09 Å². The summed E-state index contributed by atoms with van der Waals surface area (Å²) in [6, 6.07) is 18.1. The third kappa shape index (κ3) is 15.7. The summed E-state index contributed by atoms with van der Waals surface area (Å²) in [5.74, 6) is 0.0740. The number of aromatic nitrogens is 2. The summed E-state index contributed by atoms with van der Waals surface area (Å²) in [6.45, 7) is 11.8. The third-order valence-electron chi connectivity index (χ3n) is 10.7. The van der Waals surface area contributed by atoms with Crippen LogP contribution in [0.2, 0.25) is 5.02 Å². The van der Waals surface area contributed by atoms with Gasteiger partial charge in [-0.15, -0.1) is 0 Å². The lowest BCUT2D eigenvalue weighted by Gasteiger charge is -2.36. The minimum absolute atomic E-state index is 0.0246. The van der Waals surface area contributed by atoms with E-state index in [9.17, 15) is 18.3 Å². The van der Waals surface area contributed by atoms with Crippen molar-refractivity contribution in [1.82, 2.24) is 19.6 Å². The number of halogens is 2. The van der Waals surface area contributed by atoms with E-state index in [1.165, 1.54) is 30.3 Å². The van der Waals surface area contributed by atoms with Crippen LogP contribution < -0.4 is 20.3 Å². The standard InChI is InChI=1S/C48H63ClFN7O11S/c1-48(2,3)68-47(59)57-16-14-56(15-17-57)45-40-33-41(49)42(39-32-36(58)31-34-7-5-6-8-38(34)39)43(50)44(40)53-46(54-45)55(4)18-20-63-22-24-65-26-28-67-30-29-66-27-25-64-23-21-62-19-13-52-69(60,61)37-11-9-35(51)10-12-37/h5-12,31-33,52,58H,13-30,51H2,1-4H3. The molecule has 0 radical (unpaired) electrons. The summed E-state index contributed by atoms with van der Waals surface area (Å²) in [5.41, 5.74) is 6.07. The molecule has 4 N–H and O–H groups in total. The molecular formula is C48H63ClFN7O11S. The van der Waals surface area contributed by atoms with Crippen molar-refractivity contribution < 1.29 is 55.9 Å². The molecule has 4 aromatic carbocycles. The van der Waals surface area contributed by atoms with Crippen LogP contribution in [-0.2, 0) is 43.2 Å². The Bertz CT molecular complexity index is 2570. The molecule has 0 saturated carbocycles. The van der Waals surface area contributed by atoms with Crippen LogP contribution in [0.3, 0.4) is 0 Å². The van der Waals surface area contributed by atoms with E-state index in [0.29, 0.717) is 128 Å². The molecule has 5 aromatic rings. The van der Waals surface area contributed by atoms with Crippen LogP contribution in [0.25, 0.3) is 32.8 Å². The molecule has 0 atom stereocenters. The number of rotatable bonds is 26. The highest BCUT2D eigenvalue weighted by Crippen LogP contribution is 2.42. The summed E-state index contributed by atoms with van der Waals surface area (Å²) in [7, 11) is -1.82. The average molecular weight is 1000 g/mol. The zero-order valence-electron chi connectivity index (χ0n) is 39.6. The molecule has 1 fully saturated rings. The van der Waals surface area contributed by atoms with E-state index >= 15 is 4.39 Å². The van der Waals surface area contributed by atoms with E-state index in [4.69, 9.17) is 60.5 Å². The number of carbonyl (C=O) groups is 1. The van der Waals surface area contributed by atoms with Gasteiger partial charge in [-0.25, -0.2) is 27.3 Å². The number of benzene rings is 4. The number of ether oxygens (including phenoxy) is 7. The molecule has 376 valence electrons. The SMILES string of the molecule is CN(CCOCCOCCOCCOCCOCCOCCNS(=O)(=O)c1ccc(N)cc1)c1nc(N2CCN(C(=O)OC(C)(C)C)CC2)c2cc(Cl)c(-c3cc(O)cc4ccccc34)c(F)c2n1. The number of nitrogens with two attached hydrogens (primary N) is 1. The quantitative estimate of drug-likeness (QED) is 0.0422. The fourth-order valence-corrected chi connectivity index (χ4v) is 8.54. The highest BCUT2D eigenvalue weighted by molar-refractivity contribution is 7.89. The number of hydrogen-bond acceptors (Lipinski definition) is 16. The first-order chi connectivity index (χ1) is 33.1. The lowest BCUT2D eigenvalue weighted by molar-refractivity contribution is -0.0161. The summed E-state index contributed by atoms with van der Waals surface area (Å²) >= 11 is 6.92. The Kier molecular flexibility index (Phi) is 19.8. The van der Waals surface area contributed by atoms with Crippen LogP contribution in [0.15, 0.2) is 71.6 Å². The number of phenolic OH excluding ortho intramolecular Hbond substituents is 1. The normalized spacial score (nSPS) is 13.4. The zero-order chi connectivity index (χ0) is 49.4. The van der Waals surface area contributed by atoms with E-state index in [2.05, 4.69) is 4.72 Å². The molecule has 1 aliphatic heterocycles. The summed E-state index contributed by atoms with van der Waals surface area (Å²) < 4.78 is 83.1. The number of phenols is 1. The highest BCUT2D eigenvalue weighted by Gasteiger charge is 2.29. The van der Waals surface area contributed by atoms with Gasteiger partial charge in [-0.05, 0) is 79.6 Å². The molecule has 0 spiro atoms. The third-order valence-corrected chi connectivity index (χ3v) is 12.5. The summed E-state index contributed by atoms with van der Waals surface area (Å²) in [5, 5.41) is 12.6. The molecule has 1 amide bonds. The molecule has 1 saturated heterocycles. The Morgan fingerprint density at radius 3 is 1.96 bits per heavy atom. The van der Waals surface area contributed by atoms with Crippen molar-refractivity contribution in [3.63, 3.8) is 0 Å². The number of nitrogen functional groups attached to an aromatic ring is 1. The molecule has 69 heavy (non-hydrogen) atoms. The van der Waals surface area contributed by atoms with Crippen molar-refractivity contribution in [2.45, 2.75) is 31.3 Å². The summed E-state index contributed by atoms with van der Waals surface area (Å²) in [6.07, 6.45) is -0.398. The first-order valence-electron chi connectivity index (χ1n) is 22.8. The van der Waals surface area contributed by atoms with Gasteiger partial charge in [0.15, 0.2) is 5.82 Å². The number of hydrogen-bond donors (Lipinski definition) is 3. The minimum Gasteiger partial charge on any atom is -0.508 e. The summed E-state index contributed by atoms with van der Waals surface area (Å²) in [4.78, 5) is 28.1. The fourth-order valence-electron chi connectivity index (χ4n) is 7.24. The van der Waals surface area contributed by atoms with Crippen molar-refractivity contribution in [3.8, 4) is 16.9 Å². The van der Waals surface area contributed by atoms with Crippen molar-refractivity contribution in [2.75, 3.05) is 141 Å². The van der Waals surface area contributed by atoms with Crippen LogP contribution in [0, 0.1) is 5.82 Å². The number of nitrogens with zero attached hydrogens (tertiary/aromatic N) is 5. The number of fused-ring (bicyclic) bond motifs is 2. The number of amides is 1. The topological polar surface area (TPSA) is 210 Å². The van der Waals surface area contributed by atoms with E-state index in [1.807, 2.05) is 49.9 Å². The number of piperazine rings is 1. The van der Waals surface area contributed by atoms with Crippen LogP contribution in [0.1, 0.15) is 20.8 Å². The largest absolute Gasteiger partial charge is 0.508 e. The number of nitrogens with one attached hydrogen (secondary N) is 1. The second kappa shape index (κ2) is 25.6. The van der Waals surface area contributed by atoms with Crippen molar-refractivity contribution in [3.05, 3.63) is 77.6 Å². The van der Waals surface area contributed by atoms with E-state index in [0.717, 1.165) is 10.8 Å². The van der Waals surface area contributed by atoms with Crippen LogP contribution in [-0.4, -0.2) is 166 Å². The fraction of sp³-hybridized carbons (Fsp3) is 0.479. The number of anilines is 3. The predicted octanol–water partition coefficient (Wildman–Crippen LogP) is 6.10. The second-order valence-corrected chi connectivity index (χ2v) is 19.2. The smallest absolute Gasteiger partial charge is 0.410 e. The molecule has 0 unspecified atom stereocenters. The molecule has 6 rings (SSSR count). The lowest BCUT2D eigenvalue weighted by Crippen LogP contribution is -2.50. The molecule has 18 nitrogen and oxygen atoms in total. The van der Waals surface area contributed by atoms with Gasteiger partial charge in [-0.3, -0.25) is 0 Å². The van der Waals surface area contributed by atoms with Crippen molar-refractivity contribution >= 4 is 66.8 Å². The molecule has 21 heteroatoms. The monoisotopic (exact) mass is 999 g/mol. The number of aromatic hydroxyl groups is 1. The van der Waals surface area contributed by atoms with Gasteiger partial charge in [0, 0.05) is 63.0 Å². The first kappa shape index (κ1) is 53.2. The molecule has 2 heterocycles. The number of carbonyl (C=O) groups excluding carboxylic acids is 1. The number of likely N-dealkylation sites (N-methyl/N-ethyl adjacent to an activating group) is 1. The van der Waals surface area contributed by atoms with Gasteiger partial charge in [0.1, 0.15) is 22.7 Å². The molecule has 1 aliphatic rings. The zero-order valence-corrected chi connectivity index (χ0v) is 41.2. The first-order valence-corrected chi connectivity index (χ1v) is 24.6. The van der Waals surface area contributed by atoms with Gasteiger partial charge in [-0.1, -0.05) is 35.9 Å². The van der Waals surface area contributed by atoms with E-state index in [-0.39, 0.29) is 45.8 Å². The van der Waals surface area contributed by atoms with Crippen LogP contribution in [0.4, 0.5) is 26.6 Å². The maximum Gasteiger partial charge on any atom is 0.410 e. The van der Waals surface area contributed by atoms with Crippen LogP contribution >= 0.6 is 11.6 Å². The second-order valence-electron chi connectivity index (χ2n) is 17.0. The highest BCUT2D eigenvalue weighted by atomic mass is 35.5. The van der Waals surface area contributed by atoms with Gasteiger partial charge in [0.25, 0.3) is 0 Å². The Morgan fingerprint density at radius 2 is 1.36 bits per heavy atom. The van der Waals surface area contributed by atoms with Gasteiger partial charge in [0.2, 0.25) is 16.0 Å². The Hall–Kier alpha value is -5.16. The molecular weight excluding hydrogens is 937 g/mol. The van der Waals surface area contributed by atoms with Gasteiger partial charge < -0.3 is 58.7 Å². The van der Waals surface area contributed by atoms with Crippen molar-refractivity contribution in [2.24, 2.45) is 0 Å². The lowest BCUT2D eigenvalue weighted by atomic mass is 9.96. The Labute approximate surface area is 407 Å². The maximum atomic E-state index is 17.1. The van der Waals surface area contributed by atoms with Crippen molar-refractivity contribution in [1.29, 1.82) is 0 Å². The average Bonchev–Trinajstić information content (AvgIpc) is 3.31. The maximum absolute atomic E-state index is 17.1.